The minimum atomic E-state index is -1.06. The lowest BCUT2D eigenvalue weighted by Gasteiger charge is -2.35. The highest BCUT2D eigenvalue weighted by molar-refractivity contribution is 9.10. The van der Waals surface area contributed by atoms with Gasteiger partial charge >= 0.3 is 0 Å². The van der Waals surface area contributed by atoms with E-state index in [1.54, 1.807) is 26.8 Å². The summed E-state index contributed by atoms with van der Waals surface area (Å²) in [5.41, 5.74) is 0.885. The summed E-state index contributed by atoms with van der Waals surface area (Å²) in [5.74, 6) is -3.65. The summed E-state index contributed by atoms with van der Waals surface area (Å²) in [6, 6.07) is 6.18. The zero-order valence-electron chi connectivity index (χ0n) is 13.8. The van der Waals surface area contributed by atoms with E-state index in [-0.39, 0.29) is 5.56 Å². The number of aromatic nitrogens is 1. The van der Waals surface area contributed by atoms with Gasteiger partial charge in [0.15, 0.2) is 0 Å². The average Bonchev–Trinajstić information content (AvgIpc) is 2.51. The lowest BCUT2D eigenvalue weighted by molar-refractivity contribution is 0.0354. The van der Waals surface area contributed by atoms with E-state index in [9.17, 15) is 18.4 Å². The molecule has 1 N–H and O–H groups in total. The Morgan fingerprint density at radius 3 is 2.24 bits per heavy atom. The zero-order chi connectivity index (χ0) is 18.8. The van der Waals surface area contributed by atoms with E-state index in [0.29, 0.717) is 4.60 Å². The second-order valence-corrected chi connectivity index (χ2v) is 6.94. The van der Waals surface area contributed by atoms with Crippen molar-refractivity contribution in [2.45, 2.75) is 26.3 Å². The molecule has 0 unspecified atom stereocenters. The summed E-state index contributed by atoms with van der Waals surface area (Å²) < 4.78 is 27.9. The zero-order valence-corrected chi connectivity index (χ0v) is 15.4. The third kappa shape index (κ3) is 4.19. The number of hydrogen-bond donors (Lipinski definition) is 1. The van der Waals surface area contributed by atoms with Crippen molar-refractivity contribution < 1.29 is 18.4 Å². The Morgan fingerprint density at radius 2 is 1.72 bits per heavy atom. The lowest BCUT2D eigenvalue weighted by atomic mass is 10.1. The summed E-state index contributed by atoms with van der Waals surface area (Å²) in [6.45, 7) is 5.02. The van der Waals surface area contributed by atoms with Crippen LogP contribution in [0.25, 0.3) is 0 Å². The molecule has 8 heteroatoms. The van der Waals surface area contributed by atoms with Crippen LogP contribution in [0.15, 0.2) is 41.1 Å². The molecule has 132 valence electrons. The molecule has 0 aliphatic heterocycles. The van der Waals surface area contributed by atoms with E-state index in [4.69, 9.17) is 0 Å². The fourth-order valence-electron chi connectivity index (χ4n) is 2.06. The molecule has 0 atom stereocenters. The number of hydrogen-bond acceptors (Lipinski definition) is 3. The van der Waals surface area contributed by atoms with Crippen LogP contribution < -0.4 is 5.43 Å². The number of benzene rings is 1. The van der Waals surface area contributed by atoms with Gasteiger partial charge in [0, 0.05) is 6.20 Å². The number of hydrazine groups is 1. The van der Waals surface area contributed by atoms with Crippen LogP contribution in [0.3, 0.4) is 0 Å². The second kappa shape index (κ2) is 7.26. The van der Waals surface area contributed by atoms with Gasteiger partial charge in [-0.3, -0.25) is 15.0 Å². The Balaban J connectivity index is 2.38. The lowest BCUT2D eigenvalue weighted by Crippen LogP contribution is -2.56. The van der Waals surface area contributed by atoms with Crippen LogP contribution in [0.5, 0.6) is 0 Å². The van der Waals surface area contributed by atoms with Gasteiger partial charge in [0.05, 0.1) is 11.1 Å². The van der Waals surface area contributed by atoms with Crippen molar-refractivity contribution in [2.75, 3.05) is 0 Å². The van der Waals surface area contributed by atoms with E-state index in [1.807, 2.05) is 0 Å². The van der Waals surface area contributed by atoms with Gasteiger partial charge < -0.3 is 0 Å². The second-order valence-electron chi connectivity index (χ2n) is 6.19. The van der Waals surface area contributed by atoms with Crippen LogP contribution in [0.1, 0.15) is 41.5 Å². The molecule has 0 bridgehead atoms. The predicted molar refractivity (Wildman–Crippen MR) is 91.7 cm³/mol. The van der Waals surface area contributed by atoms with Gasteiger partial charge in [-0.1, -0.05) is 6.07 Å². The first-order chi connectivity index (χ1) is 11.6. The van der Waals surface area contributed by atoms with Gasteiger partial charge in [-0.05, 0) is 61.0 Å². The first-order valence-corrected chi connectivity index (χ1v) is 8.12. The van der Waals surface area contributed by atoms with E-state index < -0.39 is 34.6 Å². The molecule has 2 aromatic rings. The topological polar surface area (TPSA) is 62.3 Å². The molecule has 0 spiro atoms. The third-order valence-electron chi connectivity index (χ3n) is 3.27. The molecule has 1 aromatic heterocycles. The van der Waals surface area contributed by atoms with Crippen LogP contribution in [-0.4, -0.2) is 27.3 Å². The van der Waals surface area contributed by atoms with Gasteiger partial charge in [0.1, 0.15) is 21.8 Å². The Bertz CT molecular complexity index is 802. The molecule has 25 heavy (non-hydrogen) atoms. The maximum Gasteiger partial charge on any atom is 0.275 e. The first kappa shape index (κ1) is 19.0. The molecule has 0 aliphatic carbocycles. The molecule has 5 nitrogen and oxygen atoms in total. The standard InChI is InChI=1S/C17H16BrF2N3O2/c1-17(2,3)23(16(25)10-6-5-9-21-14(10)18)22-15(24)13-11(19)7-4-8-12(13)20/h4-9H,1-3H3,(H,22,24). The molecule has 1 aromatic carbocycles. The number of carbonyl (C=O) groups is 2. The molecule has 0 aliphatic rings. The number of nitrogens with zero attached hydrogens (tertiary/aromatic N) is 2. The maximum atomic E-state index is 13.8. The molecular formula is C17H16BrF2N3O2. The third-order valence-corrected chi connectivity index (χ3v) is 3.90. The maximum absolute atomic E-state index is 13.8. The van der Waals surface area contributed by atoms with Crippen molar-refractivity contribution in [2.24, 2.45) is 0 Å². The summed E-state index contributed by atoms with van der Waals surface area (Å²) in [4.78, 5) is 29.1. The van der Waals surface area contributed by atoms with Crippen molar-refractivity contribution >= 4 is 27.7 Å². The SMILES string of the molecule is CC(C)(C)N(NC(=O)c1c(F)cccc1F)C(=O)c1cccnc1Br. The molecule has 0 saturated heterocycles. The fraction of sp³-hybridized carbons (Fsp3) is 0.235. The summed E-state index contributed by atoms with van der Waals surface area (Å²) in [6.07, 6.45) is 1.50. The highest BCUT2D eigenvalue weighted by atomic mass is 79.9. The van der Waals surface area contributed by atoms with Crippen LogP contribution in [0.2, 0.25) is 0 Å². The van der Waals surface area contributed by atoms with Crippen molar-refractivity contribution in [1.29, 1.82) is 0 Å². The molecule has 2 rings (SSSR count). The number of carbonyl (C=O) groups excluding carboxylic acids is 2. The molecule has 0 radical (unpaired) electrons. The van der Waals surface area contributed by atoms with E-state index in [2.05, 4.69) is 26.3 Å². The quantitative estimate of drug-likeness (QED) is 0.605. The fourth-order valence-corrected chi connectivity index (χ4v) is 2.48. The smallest absolute Gasteiger partial charge is 0.267 e. The molecule has 0 fully saturated rings. The summed E-state index contributed by atoms with van der Waals surface area (Å²) >= 11 is 3.17. The Hall–Kier alpha value is -2.35. The van der Waals surface area contributed by atoms with Crippen LogP contribution in [-0.2, 0) is 0 Å². The minimum absolute atomic E-state index is 0.201. The number of amides is 2. The largest absolute Gasteiger partial charge is 0.275 e. The van der Waals surface area contributed by atoms with Gasteiger partial charge in [-0.15, -0.1) is 0 Å². The number of halogens is 3. The summed E-state index contributed by atoms with van der Waals surface area (Å²) in [7, 11) is 0. The molecular weight excluding hydrogens is 396 g/mol. The number of nitrogens with one attached hydrogen (secondary N) is 1. The van der Waals surface area contributed by atoms with Crippen LogP contribution >= 0.6 is 15.9 Å². The summed E-state index contributed by atoms with van der Waals surface area (Å²) in [5, 5.41) is 1.02. The van der Waals surface area contributed by atoms with E-state index in [1.165, 1.54) is 12.3 Å². The number of pyridine rings is 1. The van der Waals surface area contributed by atoms with Crippen molar-refractivity contribution in [1.82, 2.24) is 15.4 Å². The normalized spacial score (nSPS) is 11.1. The van der Waals surface area contributed by atoms with Crippen molar-refractivity contribution in [3.8, 4) is 0 Å². The van der Waals surface area contributed by atoms with Crippen LogP contribution in [0, 0.1) is 11.6 Å². The van der Waals surface area contributed by atoms with E-state index in [0.717, 1.165) is 23.2 Å². The number of rotatable bonds is 2. The van der Waals surface area contributed by atoms with Crippen molar-refractivity contribution in [3.63, 3.8) is 0 Å². The Morgan fingerprint density at radius 1 is 1.12 bits per heavy atom. The average molecular weight is 412 g/mol. The van der Waals surface area contributed by atoms with E-state index >= 15 is 0 Å². The molecule has 1 heterocycles. The van der Waals surface area contributed by atoms with Gasteiger partial charge in [0.2, 0.25) is 0 Å². The molecule has 0 saturated carbocycles. The highest BCUT2D eigenvalue weighted by Gasteiger charge is 2.32. The van der Waals surface area contributed by atoms with Gasteiger partial charge in [0.25, 0.3) is 11.8 Å². The predicted octanol–water partition coefficient (Wildman–Crippen LogP) is 3.71. The highest BCUT2D eigenvalue weighted by Crippen LogP contribution is 2.21. The van der Waals surface area contributed by atoms with Crippen molar-refractivity contribution in [3.05, 3.63) is 63.9 Å². The minimum Gasteiger partial charge on any atom is -0.267 e. The Labute approximate surface area is 152 Å². The Kier molecular flexibility index (Phi) is 5.52. The first-order valence-electron chi connectivity index (χ1n) is 7.33. The monoisotopic (exact) mass is 411 g/mol. The van der Waals surface area contributed by atoms with Gasteiger partial charge in [-0.2, -0.15) is 0 Å². The van der Waals surface area contributed by atoms with Crippen LogP contribution in [0.4, 0.5) is 8.78 Å². The molecule has 2 amide bonds. The van der Waals surface area contributed by atoms with Gasteiger partial charge in [-0.25, -0.2) is 18.8 Å².